The van der Waals surface area contributed by atoms with E-state index in [0.717, 1.165) is 54.0 Å². The summed E-state index contributed by atoms with van der Waals surface area (Å²) in [6.45, 7) is 4.93. The van der Waals surface area contributed by atoms with E-state index in [2.05, 4.69) is 21.4 Å². The highest BCUT2D eigenvalue weighted by molar-refractivity contribution is 7.15. The zero-order valence-corrected chi connectivity index (χ0v) is 11.9. The van der Waals surface area contributed by atoms with Crippen molar-refractivity contribution in [2.75, 3.05) is 11.4 Å². The van der Waals surface area contributed by atoms with Gasteiger partial charge in [0.2, 0.25) is 0 Å². The van der Waals surface area contributed by atoms with Gasteiger partial charge in [-0.3, -0.25) is 0 Å². The van der Waals surface area contributed by atoms with Crippen molar-refractivity contribution >= 4 is 16.5 Å². The van der Waals surface area contributed by atoms with Gasteiger partial charge in [-0.15, -0.1) is 0 Å². The van der Waals surface area contributed by atoms with Gasteiger partial charge in [0.25, 0.3) is 0 Å². The predicted octanol–water partition coefficient (Wildman–Crippen LogP) is 1.80. The lowest BCUT2D eigenvalue weighted by molar-refractivity contribution is 0.284. The molecular weight excluding hydrogens is 260 g/mol. The van der Waals surface area contributed by atoms with Crippen LogP contribution in [0.2, 0.25) is 0 Å². The van der Waals surface area contributed by atoms with E-state index in [-0.39, 0.29) is 6.61 Å². The minimum Gasteiger partial charge on any atom is -0.391 e. The molecule has 3 rings (SSSR count). The third kappa shape index (κ3) is 2.37. The fraction of sp³-hybridized carbons (Fsp3) is 0.538. The largest absolute Gasteiger partial charge is 0.391 e. The SMILES string of the molecule is CCCc1nc(N2CCn3ccnc3C2)sc1CO. The van der Waals surface area contributed by atoms with Crippen molar-refractivity contribution in [3.63, 3.8) is 0 Å². The third-order valence-corrected chi connectivity index (χ3v) is 4.56. The van der Waals surface area contributed by atoms with Crippen molar-refractivity contribution < 1.29 is 5.11 Å². The molecule has 2 aromatic heterocycles. The molecule has 3 heterocycles. The molecule has 0 bridgehead atoms. The molecule has 0 aliphatic carbocycles. The molecule has 0 atom stereocenters. The maximum atomic E-state index is 9.42. The van der Waals surface area contributed by atoms with E-state index in [0.29, 0.717) is 0 Å². The number of hydrogen-bond acceptors (Lipinski definition) is 5. The Labute approximate surface area is 116 Å². The van der Waals surface area contributed by atoms with E-state index in [4.69, 9.17) is 4.98 Å². The Morgan fingerprint density at radius 1 is 1.42 bits per heavy atom. The lowest BCUT2D eigenvalue weighted by Gasteiger charge is -2.27. The molecule has 0 spiro atoms. The van der Waals surface area contributed by atoms with Crippen LogP contribution in [0.3, 0.4) is 0 Å². The number of aryl methyl sites for hydroxylation is 1. The van der Waals surface area contributed by atoms with Crippen molar-refractivity contribution in [3.05, 3.63) is 28.8 Å². The Morgan fingerprint density at radius 2 is 2.32 bits per heavy atom. The molecule has 0 saturated carbocycles. The predicted molar refractivity (Wildman–Crippen MR) is 75.3 cm³/mol. The van der Waals surface area contributed by atoms with Crippen LogP contribution in [-0.4, -0.2) is 26.2 Å². The number of aliphatic hydroxyl groups is 1. The Hall–Kier alpha value is -1.40. The lowest BCUT2D eigenvalue weighted by Crippen LogP contribution is -2.33. The highest BCUT2D eigenvalue weighted by Gasteiger charge is 2.21. The second kappa shape index (κ2) is 5.30. The fourth-order valence-corrected chi connectivity index (χ4v) is 3.39. The second-order valence-corrected chi connectivity index (χ2v) is 5.79. The van der Waals surface area contributed by atoms with Crippen LogP contribution >= 0.6 is 11.3 Å². The standard InChI is InChI=1S/C13H18N4OS/c1-2-3-10-11(9-18)19-13(15-10)17-7-6-16-5-4-14-12(16)8-17/h4-5,18H,2-3,6-9H2,1H3. The first kappa shape index (κ1) is 12.6. The molecule has 1 N–H and O–H groups in total. The summed E-state index contributed by atoms with van der Waals surface area (Å²) >= 11 is 1.61. The molecule has 0 amide bonds. The minimum absolute atomic E-state index is 0.0927. The van der Waals surface area contributed by atoms with Crippen LogP contribution in [-0.2, 0) is 26.1 Å². The maximum Gasteiger partial charge on any atom is 0.186 e. The molecule has 2 aromatic rings. The van der Waals surface area contributed by atoms with Crippen molar-refractivity contribution in [1.82, 2.24) is 14.5 Å². The molecule has 0 aromatic carbocycles. The number of aliphatic hydroxyl groups excluding tert-OH is 1. The van der Waals surface area contributed by atoms with Crippen molar-refractivity contribution in [1.29, 1.82) is 0 Å². The van der Waals surface area contributed by atoms with Crippen LogP contribution in [0.4, 0.5) is 5.13 Å². The van der Waals surface area contributed by atoms with E-state index in [1.54, 1.807) is 11.3 Å². The summed E-state index contributed by atoms with van der Waals surface area (Å²) < 4.78 is 2.18. The molecule has 5 nitrogen and oxygen atoms in total. The molecular formula is C13H18N4OS. The van der Waals surface area contributed by atoms with Crippen LogP contribution in [0.5, 0.6) is 0 Å². The molecule has 6 heteroatoms. The second-order valence-electron chi connectivity index (χ2n) is 4.73. The third-order valence-electron chi connectivity index (χ3n) is 3.41. The monoisotopic (exact) mass is 278 g/mol. The number of aromatic nitrogens is 3. The van der Waals surface area contributed by atoms with E-state index in [9.17, 15) is 5.11 Å². The van der Waals surface area contributed by atoms with Crippen LogP contribution in [0, 0.1) is 0 Å². The summed E-state index contributed by atoms with van der Waals surface area (Å²) in [6, 6.07) is 0. The van der Waals surface area contributed by atoms with Crippen LogP contribution in [0.25, 0.3) is 0 Å². The van der Waals surface area contributed by atoms with Gasteiger partial charge >= 0.3 is 0 Å². The van der Waals surface area contributed by atoms with E-state index in [1.807, 2.05) is 12.4 Å². The van der Waals surface area contributed by atoms with Gasteiger partial charge in [0, 0.05) is 25.5 Å². The quantitative estimate of drug-likeness (QED) is 0.926. The lowest BCUT2D eigenvalue weighted by atomic mass is 10.2. The molecule has 19 heavy (non-hydrogen) atoms. The molecule has 0 saturated heterocycles. The molecule has 0 fully saturated rings. The van der Waals surface area contributed by atoms with Crippen LogP contribution < -0.4 is 4.90 Å². The maximum absolute atomic E-state index is 9.42. The number of nitrogens with zero attached hydrogens (tertiary/aromatic N) is 4. The number of fused-ring (bicyclic) bond motifs is 1. The smallest absolute Gasteiger partial charge is 0.186 e. The van der Waals surface area contributed by atoms with Crippen LogP contribution in [0.15, 0.2) is 12.4 Å². The normalized spacial score (nSPS) is 14.7. The van der Waals surface area contributed by atoms with E-state index >= 15 is 0 Å². The molecule has 0 unspecified atom stereocenters. The summed E-state index contributed by atoms with van der Waals surface area (Å²) in [7, 11) is 0. The van der Waals surface area contributed by atoms with Gasteiger partial charge < -0.3 is 14.6 Å². The number of thiazole rings is 1. The number of rotatable bonds is 4. The van der Waals surface area contributed by atoms with Gasteiger partial charge in [-0.2, -0.15) is 0 Å². The zero-order valence-electron chi connectivity index (χ0n) is 11.0. The van der Waals surface area contributed by atoms with Gasteiger partial charge in [-0.1, -0.05) is 24.7 Å². The Kier molecular flexibility index (Phi) is 3.52. The van der Waals surface area contributed by atoms with E-state index in [1.165, 1.54) is 0 Å². The number of anilines is 1. The summed E-state index contributed by atoms with van der Waals surface area (Å²) in [5, 5.41) is 10.4. The zero-order chi connectivity index (χ0) is 13.2. The first-order chi connectivity index (χ1) is 9.31. The number of hydrogen-bond donors (Lipinski definition) is 1. The highest BCUT2D eigenvalue weighted by Crippen LogP contribution is 2.29. The van der Waals surface area contributed by atoms with Gasteiger partial charge in [0.15, 0.2) is 5.13 Å². The fourth-order valence-electron chi connectivity index (χ4n) is 2.40. The average Bonchev–Trinajstić information content (AvgIpc) is 3.04. The Bertz CT molecular complexity index is 563. The van der Waals surface area contributed by atoms with Gasteiger partial charge in [0.05, 0.1) is 23.7 Å². The summed E-state index contributed by atoms with van der Waals surface area (Å²) in [5.74, 6) is 1.09. The Morgan fingerprint density at radius 3 is 3.11 bits per heavy atom. The van der Waals surface area contributed by atoms with Crippen LogP contribution in [0.1, 0.15) is 29.7 Å². The highest BCUT2D eigenvalue weighted by atomic mass is 32.1. The van der Waals surface area contributed by atoms with Gasteiger partial charge in [-0.05, 0) is 6.42 Å². The van der Waals surface area contributed by atoms with E-state index < -0.39 is 0 Å². The number of imidazole rings is 1. The molecule has 102 valence electrons. The minimum atomic E-state index is 0.0927. The first-order valence-electron chi connectivity index (χ1n) is 6.66. The van der Waals surface area contributed by atoms with Crippen molar-refractivity contribution in [3.8, 4) is 0 Å². The summed E-state index contributed by atoms with van der Waals surface area (Å²) in [5.41, 5.74) is 1.05. The first-order valence-corrected chi connectivity index (χ1v) is 7.48. The summed E-state index contributed by atoms with van der Waals surface area (Å²) in [4.78, 5) is 12.3. The summed E-state index contributed by atoms with van der Waals surface area (Å²) in [6.07, 6.45) is 5.87. The Balaban J connectivity index is 1.83. The molecule has 0 radical (unpaired) electrons. The molecule has 1 aliphatic heterocycles. The van der Waals surface area contributed by atoms with Gasteiger partial charge in [0.1, 0.15) is 5.82 Å². The van der Waals surface area contributed by atoms with Crippen molar-refractivity contribution in [2.24, 2.45) is 0 Å². The average molecular weight is 278 g/mol. The van der Waals surface area contributed by atoms with Crippen molar-refractivity contribution in [2.45, 2.75) is 39.5 Å². The van der Waals surface area contributed by atoms with Gasteiger partial charge in [-0.25, -0.2) is 9.97 Å². The topological polar surface area (TPSA) is 54.2 Å². The molecule has 1 aliphatic rings.